The van der Waals surface area contributed by atoms with Gasteiger partial charge in [-0.15, -0.1) is 0 Å². The molecule has 0 bridgehead atoms. The number of amides is 2. The maximum atomic E-state index is 12.7. The van der Waals surface area contributed by atoms with E-state index in [0.29, 0.717) is 11.1 Å². The van der Waals surface area contributed by atoms with E-state index < -0.39 is 34.2 Å². The Labute approximate surface area is 232 Å². The summed E-state index contributed by atoms with van der Waals surface area (Å²) in [6.45, 7) is 6.20. The Morgan fingerprint density at radius 2 is 1.35 bits per heavy atom. The number of nitrogens with one attached hydrogen (secondary N) is 2. The summed E-state index contributed by atoms with van der Waals surface area (Å²) in [6, 6.07) is 8.55. The number of benzene rings is 2. The number of aromatic nitrogens is 1. The summed E-state index contributed by atoms with van der Waals surface area (Å²) < 4.78 is 5.08. The minimum absolute atomic E-state index is 0.0116. The second-order valence-corrected chi connectivity index (χ2v) is 9.70. The zero-order valence-corrected chi connectivity index (χ0v) is 22.8. The molecule has 2 N–H and O–H groups in total. The maximum absolute atomic E-state index is 12.7. The molecule has 0 aliphatic heterocycles. The van der Waals surface area contributed by atoms with E-state index in [4.69, 9.17) is 4.74 Å². The summed E-state index contributed by atoms with van der Waals surface area (Å²) >= 11 is 0.900. The van der Waals surface area contributed by atoms with Crippen LogP contribution < -0.4 is 10.6 Å². The van der Waals surface area contributed by atoms with Gasteiger partial charge in [0.2, 0.25) is 5.91 Å². The molecule has 40 heavy (non-hydrogen) atoms. The minimum atomic E-state index is -0.898. The molecule has 0 fully saturated rings. The van der Waals surface area contributed by atoms with E-state index in [2.05, 4.69) is 15.6 Å². The molecule has 0 aliphatic rings. The maximum Gasteiger partial charge on any atom is 0.341 e. The van der Waals surface area contributed by atoms with Gasteiger partial charge in [-0.2, -0.15) is 0 Å². The lowest BCUT2D eigenvalue weighted by Gasteiger charge is -2.11. The second kappa shape index (κ2) is 12.8. The van der Waals surface area contributed by atoms with Gasteiger partial charge < -0.3 is 15.4 Å². The number of nitro groups is 2. The summed E-state index contributed by atoms with van der Waals surface area (Å²) in [6.07, 6.45) is 1.40. The number of thioether (sulfide) groups is 1. The zero-order valence-electron chi connectivity index (χ0n) is 22.0. The first-order valence-corrected chi connectivity index (χ1v) is 12.7. The van der Waals surface area contributed by atoms with Crippen molar-refractivity contribution in [3.8, 4) is 0 Å². The Bertz CT molecular complexity index is 1530. The molecule has 3 aromatic rings. The molecule has 208 valence electrons. The molecule has 14 heteroatoms. The Morgan fingerprint density at radius 3 is 1.88 bits per heavy atom. The van der Waals surface area contributed by atoms with Crippen molar-refractivity contribution in [2.24, 2.45) is 0 Å². The summed E-state index contributed by atoms with van der Waals surface area (Å²) in [5, 5.41) is 27.8. The van der Waals surface area contributed by atoms with Crippen LogP contribution in [0.4, 0.5) is 22.7 Å². The van der Waals surface area contributed by atoms with Crippen molar-refractivity contribution in [1.29, 1.82) is 0 Å². The average molecular weight is 568 g/mol. The molecule has 13 nitrogen and oxygen atoms in total. The number of esters is 1. The van der Waals surface area contributed by atoms with Crippen molar-refractivity contribution in [3.05, 3.63) is 90.6 Å². The lowest BCUT2D eigenvalue weighted by atomic mass is 10.1. The van der Waals surface area contributed by atoms with Crippen molar-refractivity contribution < 1.29 is 29.0 Å². The fourth-order valence-electron chi connectivity index (χ4n) is 3.48. The van der Waals surface area contributed by atoms with Crippen LogP contribution in [0, 0.1) is 47.9 Å². The largest absolute Gasteiger partial charge is 0.452 e. The normalized spacial score (nSPS) is 10.5. The van der Waals surface area contributed by atoms with Crippen molar-refractivity contribution >= 4 is 52.3 Å². The number of carbonyl (C=O) groups excluding carboxylic acids is 3. The summed E-state index contributed by atoms with van der Waals surface area (Å²) in [7, 11) is 0. The molecule has 0 unspecified atom stereocenters. The molecule has 0 aliphatic carbocycles. The number of nitrogens with zero attached hydrogens (tertiary/aromatic N) is 3. The van der Waals surface area contributed by atoms with E-state index in [0.717, 1.165) is 22.9 Å². The van der Waals surface area contributed by atoms with Crippen LogP contribution in [0.1, 0.15) is 32.6 Å². The molecule has 1 aromatic heterocycles. The molecule has 2 aromatic carbocycles. The average Bonchev–Trinajstić information content (AvgIpc) is 2.89. The Morgan fingerprint density at radius 1 is 0.850 bits per heavy atom. The molecule has 0 spiro atoms. The minimum Gasteiger partial charge on any atom is -0.452 e. The van der Waals surface area contributed by atoms with Crippen molar-refractivity contribution in [2.45, 2.75) is 32.7 Å². The third-order valence-corrected chi connectivity index (χ3v) is 6.84. The number of pyridine rings is 1. The van der Waals surface area contributed by atoms with Crippen LogP contribution in [0.15, 0.2) is 47.6 Å². The quantitative estimate of drug-likeness (QED) is 0.151. The molecule has 0 saturated heterocycles. The molecule has 0 atom stereocenters. The van der Waals surface area contributed by atoms with E-state index >= 15 is 0 Å². The number of hydrogen-bond acceptors (Lipinski definition) is 10. The molecular weight excluding hydrogens is 542 g/mol. The van der Waals surface area contributed by atoms with Gasteiger partial charge in [0, 0.05) is 18.3 Å². The van der Waals surface area contributed by atoms with Crippen LogP contribution in [-0.2, 0) is 14.3 Å². The highest BCUT2D eigenvalue weighted by Gasteiger charge is 2.21. The lowest BCUT2D eigenvalue weighted by molar-refractivity contribution is -0.384. The zero-order chi connectivity index (χ0) is 29.6. The van der Waals surface area contributed by atoms with Gasteiger partial charge in [0.15, 0.2) is 6.61 Å². The van der Waals surface area contributed by atoms with Crippen LogP contribution in [0.2, 0.25) is 0 Å². The molecule has 2 amide bonds. The van der Waals surface area contributed by atoms with E-state index in [1.807, 2.05) is 0 Å². The highest BCUT2D eigenvalue weighted by molar-refractivity contribution is 8.00. The van der Waals surface area contributed by atoms with Gasteiger partial charge in [-0.3, -0.25) is 29.8 Å². The first kappa shape index (κ1) is 29.7. The highest BCUT2D eigenvalue weighted by atomic mass is 32.2. The number of nitro benzene ring substituents is 2. The summed E-state index contributed by atoms with van der Waals surface area (Å²) in [5.74, 6) is -2.47. The number of anilines is 2. The van der Waals surface area contributed by atoms with Gasteiger partial charge in [-0.05, 0) is 74.2 Å². The number of aryl methyl sites for hydroxylation is 4. The SMILES string of the molecule is Cc1cc(NC(=O)COC(=O)c2cccnc2SCC(=O)Nc2cc(C)c(C)cc2[N+](=O)[O-])c([N+](=O)[O-])cc1C. The molecule has 0 radical (unpaired) electrons. The smallest absolute Gasteiger partial charge is 0.341 e. The van der Waals surface area contributed by atoms with Gasteiger partial charge >= 0.3 is 5.97 Å². The predicted molar refractivity (Wildman–Crippen MR) is 148 cm³/mol. The molecule has 1 heterocycles. The standard InChI is InChI=1S/C26H25N5O8S/c1-14-8-19(21(30(35)36)10-16(14)3)28-23(32)12-39-26(34)18-6-5-7-27-25(18)40-13-24(33)29-20-9-15(2)17(4)11-22(20)31(37)38/h5-11H,12-13H2,1-4H3,(H,28,32)(H,29,33). The molecule has 0 saturated carbocycles. The fraction of sp³-hybridized carbons (Fsp3) is 0.231. The monoisotopic (exact) mass is 567 g/mol. The first-order valence-electron chi connectivity index (χ1n) is 11.7. The summed E-state index contributed by atoms with van der Waals surface area (Å²) in [5.41, 5.74) is 2.35. The van der Waals surface area contributed by atoms with Crippen molar-refractivity contribution in [1.82, 2.24) is 4.98 Å². The second-order valence-electron chi connectivity index (χ2n) is 8.74. The number of ether oxygens (including phenoxy) is 1. The lowest BCUT2D eigenvalue weighted by Crippen LogP contribution is -2.22. The topological polar surface area (TPSA) is 184 Å². The highest BCUT2D eigenvalue weighted by Crippen LogP contribution is 2.29. The van der Waals surface area contributed by atoms with E-state index in [9.17, 15) is 34.6 Å². The van der Waals surface area contributed by atoms with Crippen LogP contribution in [0.25, 0.3) is 0 Å². The van der Waals surface area contributed by atoms with Crippen LogP contribution in [-0.4, -0.2) is 45.0 Å². The van der Waals surface area contributed by atoms with E-state index in [-0.39, 0.29) is 39.1 Å². The van der Waals surface area contributed by atoms with Crippen LogP contribution in [0.5, 0.6) is 0 Å². The molecule has 3 rings (SSSR count). The van der Waals surface area contributed by atoms with Crippen LogP contribution >= 0.6 is 11.8 Å². The predicted octanol–water partition coefficient (Wildman–Crippen LogP) is 4.66. The van der Waals surface area contributed by atoms with Gasteiger partial charge in [0.1, 0.15) is 16.4 Å². The van der Waals surface area contributed by atoms with Gasteiger partial charge in [0.25, 0.3) is 17.3 Å². The summed E-state index contributed by atoms with van der Waals surface area (Å²) in [4.78, 5) is 63.2. The van der Waals surface area contributed by atoms with E-state index in [1.165, 1.54) is 42.6 Å². The van der Waals surface area contributed by atoms with Crippen LogP contribution in [0.3, 0.4) is 0 Å². The fourth-order valence-corrected chi connectivity index (χ4v) is 4.26. The van der Waals surface area contributed by atoms with Gasteiger partial charge in [0.05, 0.1) is 21.2 Å². The van der Waals surface area contributed by atoms with Crippen molar-refractivity contribution in [3.63, 3.8) is 0 Å². The van der Waals surface area contributed by atoms with Gasteiger partial charge in [-0.25, -0.2) is 9.78 Å². The number of carbonyl (C=O) groups is 3. The van der Waals surface area contributed by atoms with Crippen molar-refractivity contribution in [2.75, 3.05) is 23.0 Å². The first-order chi connectivity index (χ1) is 18.9. The Balaban J connectivity index is 1.63. The number of hydrogen-bond donors (Lipinski definition) is 2. The third-order valence-electron chi connectivity index (χ3n) is 5.83. The molecular formula is C26H25N5O8S. The Kier molecular flexibility index (Phi) is 9.50. The third kappa shape index (κ3) is 7.38. The Hall–Kier alpha value is -4.85. The van der Waals surface area contributed by atoms with E-state index in [1.54, 1.807) is 27.7 Å². The van der Waals surface area contributed by atoms with Gasteiger partial charge in [-0.1, -0.05) is 11.8 Å². The number of rotatable bonds is 10.